The molecule has 13 rings (SSSR count). The minimum atomic E-state index is -1.48. The van der Waals surface area contributed by atoms with E-state index in [1.807, 2.05) is 98.3 Å². The Bertz CT molecular complexity index is 4730. The van der Waals surface area contributed by atoms with E-state index in [2.05, 4.69) is 50.1 Å². The molecule has 25 heteroatoms. The zero-order chi connectivity index (χ0) is 77.8. The van der Waals surface area contributed by atoms with Crippen LogP contribution in [0.1, 0.15) is 160 Å². The number of para-hydroxylation sites is 1. The molecule has 25 nitrogen and oxygen atoms in total. The Hall–Kier alpha value is -11.2. The van der Waals surface area contributed by atoms with Gasteiger partial charge in [-0.1, -0.05) is 97.9 Å². The van der Waals surface area contributed by atoms with Crippen molar-refractivity contribution in [3.05, 3.63) is 166 Å². The number of fused-ring (bicyclic) bond motifs is 9. The number of ether oxygens (including phenoxy) is 5. The number of aryl methyl sites for hydroxylation is 1. The van der Waals surface area contributed by atoms with Crippen molar-refractivity contribution in [2.24, 2.45) is 17.3 Å². The van der Waals surface area contributed by atoms with Gasteiger partial charge in [-0.2, -0.15) is 0 Å². The maximum Gasteiger partial charge on any atom is 0.416 e. The van der Waals surface area contributed by atoms with E-state index in [0.29, 0.717) is 59.7 Å². The predicted molar refractivity (Wildman–Crippen MR) is 413 cm³/mol. The smallest absolute Gasteiger partial charge is 0.416 e. The summed E-state index contributed by atoms with van der Waals surface area (Å²) < 4.78 is 32.0. The van der Waals surface area contributed by atoms with Gasteiger partial charge in [0, 0.05) is 118 Å². The summed E-state index contributed by atoms with van der Waals surface area (Å²) in [7, 11) is 7.00. The molecule has 1 saturated heterocycles. The normalized spacial score (nSPS) is 17.6. The van der Waals surface area contributed by atoms with E-state index in [1.54, 1.807) is 60.9 Å². The molecule has 0 radical (unpaired) electrons. The van der Waals surface area contributed by atoms with Crippen LogP contribution in [0.15, 0.2) is 128 Å². The number of nitrogens with one attached hydrogen (secondary N) is 2. The number of rotatable bonds is 29. The fourth-order valence-electron chi connectivity index (χ4n) is 15.5. The number of benzene rings is 6. The Labute approximate surface area is 640 Å². The second-order valence-corrected chi connectivity index (χ2v) is 30.6. The summed E-state index contributed by atoms with van der Waals surface area (Å²) in [5.74, 6) is -2.51. The average Bonchev–Trinajstić information content (AvgIpc) is 1.57. The average molecular weight is 1500 g/mol. The first kappa shape index (κ1) is 77.0. The zero-order valence-corrected chi connectivity index (χ0v) is 63.8. The topological polar surface area (TPSA) is 291 Å². The van der Waals surface area contributed by atoms with Crippen molar-refractivity contribution >= 4 is 75.6 Å². The molecule has 2 fully saturated rings. The zero-order valence-electron chi connectivity index (χ0n) is 63.8. The van der Waals surface area contributed by atoms with Crippen LogP contribution in [0.2, 0.25) is 0 Å². The van der Waals surface area contributed by atoms with Crippen LogP contribution >= 0.6 is 0 Å². The molecule has 1 aromatic heterocycles. The highest BCUT2D eigenvalue weighted by Crippen LogP contribution is 2.57. The highest BCUT2D eigenvalue weighted by atomic mass is 16.6. The number of methoxy groups -OCH3 is 2. The second kappa shape index (κ2) is 32.9. The molecule has 6 heterocycles. The van der Waals surface area contributed by atoms with Crippen LogP contribution in [0.25, 0.3) is 28.1 Å². The highest BCUT2D eigenvalue weighted by molar-refractivity contribution is 6.07. The third-order valence-electron chi connectivity index (χ3n) is 22.1. The van der Waals surface area contributed by atoms with Crippen LogP contribution in [-0.2, 0) is 59.5 Å². The summed E-state index contributed by atoms with van der Waals surface area (Å²) in [6.45, 7) is 9.57. The van der Waals surface area contributed by atoms with Gasteiger partial charge in [0.2, 0.25) is 17.7 Å². The quantitative estimate of drug-likeness (QED) is 0.0367. The molecule has 1 spiro atoms. The first-order chi connectivity index (χ1) is 52.9. The van der Waals surface area contributed by atoms with Gasteiger partial charge < -0.3 is 59.0 Å². The lowest BCUT2D eigenvalue weighted by Crippen LogP contribution is -2.50. The summed E-state index contributed by atoms with van der Waals surface area (Å²) in [4.78, 5) is 133. The standard InChI is InChI=1S/C85H96N10O15/c1-50(2)65(40-62(97)45-86-76(99)31-29-61(96)30-32-77(100)92-46-57-15-10-11-16-63(57)78-79(95(51(3)4)89-88-78)64-17-12-13-18-68(64)92)80(101)87-52(5)71(98)37-53-19-21-54(22-20-53)48-110-84(105)94-69-43-75(73(107-9)42-67(69)82(103)93-49-85(33-34-85)44-70(93)83(94)104)109-36-14-35-108-74-39-56-25-28-60-38-58(55-23-26-59(27-24-55)90(6)7)47-91(60)81(102)66(56)41-72(74)106-8/h10-13,15-24,26-27,39,41-43,47,50-52,60,65,70,83,104H,14,25,28-38,40,44-46,48-49H2,1-9H3,(H,86,99)(H,87,101)/t52-,60+,65-,70-,83?/m0/s1. The minimum Gasteiger partial charge on any atom is -0.493 e. The van der Waals surface area contributed by atoms with E-state index in [4.69, 9.17) is 23.7 Å². The lowest BCUT2D eigenvalue weighted by atomic mass is 9.89. The summed E-state index contributed by atoms with van der Waals surface area (Å²) in [5, 5.41) is 26.7. The van der Waals surface area contributed by atoms with Gasteiger partial charge >= 0.3 is 6.09 Å². The number of Topliss-reactive ketones (excluding diaryl/α,β-unsaturated/α-hetero) is 3. The molecular formula is C85H96N10O15. The summed E-state index contributed by atoms with van der Waals surface area (Å²) in [6, 6.07) is 35.5. The van der Waals surface area contributed by atoms with Crippen LogP contribution in [0, 0.1) is 17.3 Å². The molecule has 1 unspecified atom stereocenters. The Morgan fingerprint density at radius 3 is 2.07 bits per heavy atom. The Balaban J connectivity index is 0.570. The Kier molecular flexibility index (Phi) is 23.0. The minimum absolute atomic E-state index is 0.0147. The van der Waals surface area contributed by atoms with Gasteiger partial charge in [0.15, 0.2) is 40.8 Å². The van der Waals surface area contributed by atoms with Crippen molar-refractivity contribution in [2.75, 3.05) is 69.3 Å². The van der Waals surface area contributed by atoms with Gasteiger partial charge in [-0.3, -0.25) is 38.4 Å². The SMILES string of the molecule is COc1cc2c(cc1OCCCOc1cc3c(cc1OC)C(=O)N1CC4(CC4)C[C@H]1C(O)N3C(=O)OCc1ccc(CC(=O)[C@H](C)NC(=O)[C@@H](CC(=O)CNC(=O)CCC(=O)CCC(=O)N3Cc4ccccc4-c4nnn(C(C)C)c4-c4ccccc43)C(C)C)cc1)CC[C@@H]1CC(c3ccc(N(C)C)cc3)=CN1C2=O. The number of amides is 6. The Morgan fingerprint density at radius 2 is 1.38 bits per heavy atom. The van der Waals surface area contributed by atoms with Crippen molar-refractivity contribution < 1.29 is 71.9 Å². The van der Waals surface area contributed by atoms with Gasteiger partial charge in [-0.15, -0.1) is 5.10 Å². The number of nitrogens with zero attached hydrogens (tertiary/aromatic N) is 8. The van der Waals surface area contributed by atoms with E-state index in [-0.39, 0.29) is 147 Å². The number of ketones is 3. The predicted octanol–water partition coefficient (Wildman–Crippen LogP) is 11.4. The fraction of sp³-hybridized carbons (Fsp3) is 0.424. The molecule has 1 aliphatic carbocycles. The number of aromatic nitrogens is 3. The first-order valence-corrected chi connectivity index (χ1v) is 38.0. The highest BCUT2D eigenvalue weighted by Gasteiger charge is 2.58. The number of carbonyl (C=O) groups is 9. The van der Waals surface area contributed by atoms with Crippen LogP contribution in [0.3, 0.4) is 0 Å². The van der Waals surface area contributed by atoms with Gasteiger partial charge in [-0.25, -0.2) is 14.4 Å². The van der Waals surface area contributed by atoms with E-state index in [1.165, 1.54) is 26.4 Å². The molecule has 5 atom stereocenters. The van der Waals surface area contributed by atoms with Crippen molar-refractivity contribution in [1.82, 2.24) is 35.4 Å². The number of carbonyl (C=O) groups excluding carboxylic acids is 9. The number of aliphatic hydroxyl groups excluding tert-OH is 1. The first-order valence-electron chi connectivity index (χ1n) is 38.0. The second-order valence-electron chi connectivity index (χ2n) is 30.6. The molecule has 1 saturated carbocycles. The van der Waals surface area contributed by atoms with Crippen molar-refractivity contribution in [3.8, 4) is 45.5 Å². The molecule has 5 aliphatic heterocycles. The largest absolute Gasteiger partial charge is 0.493 e. The van der Waals surface area contributed by atoms with E-state index >= 15 is 0 Å². The lowest BCUT2D eigenvalue weighted by molar-refractivity contribution is -0.133. The Morgan fingerprint density at radius 1 is 0.709 bits per heavy atom. The molecule has 6 aromatic carbocycles. The summed E-state index contributed by atoms with van der Waals surface area (Å²) >= 11 is 0. The van der Waals surface area contributed by atoms with E-state index in [0.717, 1.165) is 81.0 Å². The van der Waals surface area contributed by atoms with Gasteiger partial charge in [0.1, 0.15) is 18.1 Å². The monoisotopic (exact) mass is 1500 g/mol. The molecule has 3 N–H and O–H groups in total. The number of hydrogen-bond acceptors (Lipinski definition) is 18. The van der Waals surface area contributed by atoms with Crippen LogP contribution in [0.4, 0.5) is 21.9 Å². The lowest BCUT2D eigenvalue weighted by Gasteiger charge is -2.31. The van der Waals surface area contributed by atoms with Gasteiger partial charge in [0.25, 0.3) is 11.8 Å². The van der Waals surface area contributed by atoms with E-state index < -0.39 is 47.9 Å². The molecule has 576 valence electrons. The van der Waals surface area contributed by atoms with Crippen LogP contribution in [-0.4, -0.2) is 162 Å². The fourth-order valence-corrected chi connectivity index (χ4v) is 15.5. The third kappa shape index (κ3) is 16.5. The van der Waals surface area contributed by atoms with Gasteiger partial charge in [-0.05, 0) is 140 Å². The van der Waals surface area contributed by atoms with Crippen molar-refractivity contribution in [1.29, 1.82) is 0 Å². The van der Waals surface area contributed by atoms with Gasteiger partial charge in [0.05, 0.1) is 75.2 Å². The van der Waals surface area contributed by atoms with Crippen LogP contribution < -0.4 is 44.3 Å². The maximum atomic E-state index is 14.6. The van der Waals surface area contributed by atoms with Crippen molar-refractivity contribution in [3.63, 3.8) is 0 Å². The van der Waals surface area contributed by atoms with Crippen molar-refractivity contribution in [2.45, 2.75) is 162 Å². The molecular weight excluding hydrogens is 1400 g/mol. The molecule has 7 aromatic rings. The molecule has 6 amide bonds. The number of hydrogen-bond donors (Lipinski definition) is 3. The summed E-state index contributed by atoms with van der Waals surface area (Å²) in [6.07, 6.45) is 3.67. The van der Waals surface area contributed by atoms with E-state index in [9.17, 15) is 48.3 Å². The van der Waals surface area contributed by atoms with Crippen LogP contribution in [0.5, 0.6) is 23.0 Å². The number of aliphatic hydroxyl groups is 1. The molecule has 6 aliphatic rings. The summed E-state index contributed by atoms with van der Waals surface area (Å²) in [5.41, 5.74) is 10.7. The molecule has 0 bridgehead atoms. The number of anilines is 3. The maximum absolute atomic E-state index is 14.6. The molecule has 110 heavy (non-hydrogen) atoms. The third-order valence-corrected chi connectivity index (χ3v) is 22.1.